The van der Waals surface area contributed by atoms with E-state index in [-0.39, 0.29) is 83.5 Å². The van der Waals surface area contributed by atoms with Gasteiger partial charge < -0.3 is 53.3 Å². The number of nitrogens with one attached hydrogen (secondary N) is 2. The van der Waals surface area contributed by atoms with Crippen LogP contribution in [0.5, 0.6) is 0 Å². The Kier molecular flexibility index (Phi) is 61.1. The van der Waals surface area contributed by atoms with Crippen LogP contribution in [0.25, 0.3) is 0 Å². The molecule has 0 bridgehead atoms. The molecule has 2 fully saturated rings. The lowest BCUT2D eigenvalue weighted by Gasteiger charge is -2.48. The maximum absolute atomic E-state index is 14.9. The fourth-order valence-electron chi connectivity index (χ4n) is 12.9. The van der Waals surface area contributed by atoms with E-state index in [1.165, 1.54) is 88.9 Å². The van der Waals surface area contributed by atoms with Crippen LogP contribution in [0.4, 0.5) is 4.79 Å². The van der Waals surface area contributed by atoms with Crippen LogP contribution in [0.3, 0.4) is 0 Å². The average Bonchev–Trinajstić information content (AvgIpc) is 0.778. The van der Waals surface area contributed by atoms with Crippen LogP contribution in [0, 0.1) is 0 Å². The maximum atomic E-state index is 14.9. The lowest BCUT2D eigenvalue weighted by Crippen LogP contribution is -2.68. The van der Waals surface area contributed by atoms with Crippen molar-refractivity contribution in [1.29, 1.82) is 0 Å². The Balaban J connectivity index is 2.92. The SMILES string of the molecule is C=CCOC(=O)O[C@@H]1C(CO[C@@H]2O[C@H](COC)[C@@H](OP(=O)(OCC=C)OCC=C)[C@H](OCC[C@@H](CCCCCCC)OC)[C@H]2NC(=O)CCCCCCCCC/C=C\CCCCCC)O[C@H](OP(=O)(OCC=C)OCC=C)[C@H](NC(=O)CC(=O)CCCCCCCCCCC)[C@H]1OCCCCCCCCCC. The zero-order chi connectivity index (χ0) is 78.3. The summed E-state index contributed by atoms with van der Waals surface area (Å²) in [7, 11) is -6.19. The number of hydrogen-bond acceptors (Lipinski definition) is 21. The van der Waals surface area contributed by atoms with E-state index in [0.717, 1.165) is 161 Å². The van der Waals surface area contributed by atoms with E-state index in [2.05, 4.69) is 83.4 Å². The van der Waals surface area contributed by atoms with Crippen molar-refractivity contribution < 1.29 is 98.1 Å². The van der Waals surface area contributed by atoms with Gasteiger partial charge in [-0.25, -0.2) is 13.9 Å². The highest BCUT2D eigenvalue weighted by Gasteiger charge is 2.56. The Labute approximate surface area is 646 Å². The molecule has 2 rings (SSSR count). The molecule has 11 atom stereocenters. The van der Waals surface area contributed by atoms with E-state index in [1.807, 2.05) is 0 Å². The Morgan fingerprint density at radius 3 is 1.36 bits per heavy atom. The summed E-state index contributed by atoms with van der Waals surface area (Å²) in [6.07, 6.45) is 35.4. The van der Waals surface area contributed by atoms with Crippen molar-refractivity contribution in [3.8, 4) is 0 Å². The number of phosphoric acid groups is 2. The summed E-state index contributed by atoms with van der Waals surface area (Å²) in [5, 5.41) is 6.07. The van der Waals surface area contributed by atoms with Crippen LogP contribution < -0.4 is 10.6 Å². The third-order valence-corrected chi connectivity index (χ3v) is 21.6. The number of unbranched alkanes of at least 4 members (excludes halogenated alkanes) is 30. The molecule has 0 spiro atoms. The molecule has 620 valence electrons. The topological polar surface area (TPSA) is 265 Å². The zero-order valence-electron chi connectivity index (χ0n) is 67.0. The van der Waals surface area contributed by atoms with Crippen molar-refractivity contribution in [1.82, 2.24) is 10.6 Å². The zero-order valence-corrected chi connectivity index (χ0v) is 68.8. The van der Waals surface area contributed by atoms with Crippen molar-refractivity contribution in [2.75, 3.05) is 73.7 Å². The van der Waals surface area contributed by atoms with E-state index in [4.69, 9.17) is 69.8 Å². The number of amides is 2. The molecule has 1 unspecified atom stereocenters. The predicted octanol–water partition coefficient (Wildman–Crippen LogP) is 19.8. The molecule has 0 aliphatic carbocycles. The van der Waals surface area contributed by atoms with Crippen LogP contribution in [-0.2, 0) is 93.3 Å². The molecule has 2 heterocycles. The molecule has 2 aliphatic rings. The molecule has 23 nitrogen and oxygen atoms in total. The number of hydrogen-bond donors (Lipinski definition) is 2. The van der Waals surface area contributed by atoms with E-state index in [1.54, 1.807) is 7.11 Å². The number of phosphoric ester groups is 2. The van der Waals surface area contributed by atoms with Gasteiger partial charge in [0.05, 0.1) is 52.2 Å². The normalized spacial score (nSPS) is 20.7. The van der Waals surface area contributed by atoms with Gasteiger partial charge in [-0.15, -0.1) is 26.3 Å². The molecule has 2 saturated heterocycles. The average molecular weight is 1560 g/mol. The van der Waals surface area contributed by atoms with Gasteiger partial charge >= 0.3 is 21.8 Å². The lowest BCUT2D eigenvalue weighted by atomic mass is 9.95. The summed E-state index contributed by atoms with van der Waals surface area (Å²) in [5.41, 5.74) is 0. The maximum Gasteiger partial charge on any atom is 0.509 e. The summed E-state index contributed by atoms with van der Waals surface area (Å²) < 4.78 is 124. The van der Waals surface area contributed by atoms with Crippen LogP contribution in [0.1, 0.15) is 285 Å². The van der Waals surface area contributed by atoms with Crippen molar-refractivity contribution in [2.45, 2.75) is 352 Å². The minimum absolute atomic E-state index is 0.0443. The van der Waals surface area contributed by atoms with E-state index in [9.17, 15) is 28.3 Å². The van der Waals surface area contributed by atoms with Gasteiger partial charge in [-0.1, -0.05) is 257 Å². The fourth-order valence-corrected chi connectivity index (χ4v) is 15.4. The number of Topliss-reactive ketones (excluding diaryl/α,β-unsaturated/α-hetero) is 1. The molecule has 2 aliphatic heterocycles. The van der Waals surface area contributed by atoms with E-state index >= 15 is 0 Å². The first kappa shape index (κ1) is 99.3. The number of methoxy groups -OCH3 is 2. The smallest absolute Gasteiger partial charge is 0.430 e. The second kappa shape index (κ2) is 65.8. The molecule has 2 amide bonds. The summed E-state index contributed by atoms with van der Waals surface area (Å²) >= 11 is 0. The fraction of sp³-hybridized carbons (Fsp3) is 0.805. The van der Waals surface area contributed by atoms with Crippen LogP contribution in [-0.4, -0.2) is 165 Å². The number of allylic oxidation sites excluding steroid dienone is 2. The first-order chi connectivity index (χ1) is 52.1. The van der Waals surface area contributed by atoms with Gasteiger partial charge in [-0.2, -0.15) is 0 Å². The van der Waals surface area contributed by atoms with Crippen LogP contribution >= 0.6 is 15.6 Å². The van der Waals surface area contributed by atoms with Crippen molar-refractivity contribution in [3.63, 3.8) is 0 Å². The summed E-state index contributed by atoms with van der Waals surface area (Å²) in [6, 6.07) is -2.81. The molecule has 0 radical (unpaired) electrons. The van der Waals surface area contributed by atoms with Gasteiger partial charge in [-0.3, -0.25) is 41.5 Å². The minimum Gasteiger partial charge on any atom is -0.430 e. The molecular weight excluding hydrogens is 1410 g/mol. The minimum atomic E-state index is -4.73. The second-order valence-electron chi connectivity index (χ2n) is 28.0. The number of rotatable bonds is 74. The molecule has 0 aromatic heterocycles. The number of ketones is 1. The van der Waals surface area contributed by atoms with E-state index in [0.29, 0.717) is 25.7 Å². The largest absolute Gasteiger partial charge is 0.509 e. The molecule has 0 aromatic carbocycles. The van der Waals surface area contributed by atoms with Crippen molar-refractivity contribution in [3.05, 3.63) is 75.4 Å². The molecule has 0 saturated carbocycles. The highest BCUT2D eigenvalue weighted by molar-refractivity contribution is 7.48. The second-order valence-corrected chi connectivity index (χ2v) is 31.3. The Hall–Kier alpha value is -3.74. The summed E-state index contributed by atoms with van der Waals surface area (Å²) in [4.78, 5) is 57.0. The standard InChI is InChI=1S/C82H146N2O21P2/c1-12-21-25-29-32-35-36-37-38-39-40-42-44-48-52-56-72(86)83-74-79(94-64-57-69(92-11)55-51-46-28-24-15-4)77(104-106(89,97-59-17-6)98-60-18-7)70(66-91-10)101-80(74)96-67-71-76(103-82(88)95-58-16-5)78(93-63-53-49-45-34-31-27-23-14-3)75(81(102-71)105-107(90,99-61-19-8)100-62-20-9)84-73(87)65-68(85)54-50-47-43-41-33-30-26-22-13-2/h16-20,35-36,69-71,74-81H,5-9,12-15,21-34,37-67H2,1-4,10-11H3,(H,83,86)(H,84,87)/b36-35-/t69-,70-,71?,74-,75-,76-,77-,78-,79-,80-,81-/m1/s1. The van der Waals surface area contributed by atoms with Crippen molar-refractivity contribution in [2.24, 2.45) is 0 Å². The Morgan fingerprint density at radius 1 is 0.430 bits per heavy atom. The first-order valence-corrected chi connectivity index (χ1v) is 44.0. The first-order valence-electron chi connectivity index (χ1n) is 41.0. The third-order valence-electron chi connectivity index (χ3n) is 18.7. The van der Waals surface area contributed by atoms with Crippen LogP contribution in [0.2, 0.25) is 0 Å². The Morgan fingerprint density at radius 2 is 0.850 bits per heavy atom. The molecule has 25 heteroatoms. The van der Waals surface area contributed by atoms with Gasteiger partial charge in [0.15, 0.2) is 18.7 Å². The lowest BCUT2D eigenvalue weighted by molar-refractivity contribution is -0.301. The highest BCUT2D eigenvalue weighted by atomic mass is 31.2. The number of carbonyl (C=O) groups is 4. The molecule has 2 N–H and O–H groups in total. The van der Waals surface area contributed by atoms with Crippen LogP contribution in [0.15, 0.2) is 75.4 Å². The molecule has 0 aromatic rings. The van der Waals surface area contributed by atoms with Crippen molar-refractivity contribution >= 4 is 39.4 Å². The van der Waals surface area contributed by atoms with Gasteiger partial charge in [0.2, 0.25) is 11.8 Å². The van der Waals surface area contributed by atoms with Gasteiger partial charge in [0.25, 0.3) is 0 Å². The summed E-state index contributed by atoms with van der Waals surface area (Å²) in [6.45, 7) is 25.3. The van der Waals surface area contributed by atoms with Gasteiger partial charge in [-0.05, 0) is 57.8 Å². The molecule has 107 heavy (non-hydrogen) atoms. The van der Waals surface area contributed by atoms with Gasteiger partial charge in [0.1, 0.15) is 55.0 Å². The highest BCUT2D eigenvalue weighted by Crippen LogP contribution is 2.54. The number of ether oxygens (including phenoxy) is 9. The van der Waals surface area contributed by atoms with Gasteiger partial charge in [0, 0.05) is 40.3 Å². The van der Waals surface area contributed by atoms with E-state index < -0.39 is 102 Å². The third kappa shape index (κ3) is 46.8. The quantitative estimate of drug-likeness (QED) is 0.0188. The molecular formula is C82H146N2O21P2. The Bertz CT molecular complexity index is 2430. The monoisotopic (exact) mass is 1560 g/mol. The number of carbonyl (C=O) groups excluding carboxylic acids is 4. The predicted molar refractivity (Wildman–Crippen MR) is 423 cm³/mol. The summed E-state index contributed by atoms with van der Waals surface area (Å²) in [5.74, 6) is -1.44.